The molecule has 0 aliphatic rings. The standard InChI is InChI=1S/C35H34Cl2F3N3O4S/c1-2-3-19-41-34(45)32(21-25-11-6-4-7-12-25)42(23-26-13-10-14-28(36)20-26)33(44)24-43(48(46,47)29-15-8-5-9-16-29)31-22-27(35(38,39)40)17-18-30(31)37/h4-18,20,22,32H,2-3,19,21,23-24H2,1H3,(H,41,45)/t32-/m1/s1. The summed E-state index contributed by atoms with van der Waals surface area (Å²) in [5.74, 6) is -1.33. The number of benzene rings is 4. The Balaban J connectivity index is 1.85. The molecule has 4 aromatic rings. The van der Waals surface area contributed by atoms with Crippen LogP contribution in [-0.4, -0.2) is 44.3 Å². The quantitative estimate of drug-likeness (QED) is 0.135. The van der Waals surface area contributed by atoms with Gasteiger partial charge < -0.3 is 10.2 Å². The van der Waals surface area contributed by atoms with Crippen LogP contribution in [0.4, 0.5) is 18.9 Å². The lowest BCUT2D eigenvalue weighted by Crippen LogP contribution is -2.53. The molecule has 7 nitrogen and oxygen atoms in total. The zero-order valence-corrected chi connectivity index (χ0v) is 28.3. The zero-order valence-electron chi connectivity index (χ0n) is 26.0. The number of hydrogen-bond donors (Lipinski definition) is 1. The first-order valence-electron chi connectivity index (χ1n) is 15.1. The lowest BCUT2D eigenvalue weighted by atomic mass is 10.0. The Labute approximate surface area is 288 Å². The summed E-state index contributed by atoms with van der Waals surface area (Å²) in [5, 5.41) is 2.92. The molecule has 13 heteroatoms. The molecule has 0 bridgehead atoms. The van der Waals surface area contributed by atoms with Crippen molar-refractivity contribution in [1.29, 1.82) is 0 Å². The van der Waals surface area contributed by atoms with Crippen LogP contribution in [0.3, 0.4) is 0 Å². The Morgan fingerprint density at radius 3 is 2.12 bits per heavy atom. The van der Waals surface area contributed by atoms with Gasteiger partial charge in [-0.25, -0.2) is 8.42 Å². The minimum Gasteiger partial charge on any atom is -0.354 e. The Morgan fingerprint density at radius 2 is 1.50 bits per heavy atom. The number of sulfonamides is 1. The summed E-state index contributed by atoms with van der Waals surface area (Å²) >= 11 is 12.6. The topological polar surface area (TPSA) is 86.8 Å². The summed E-state index contributed by atoms with van der Waals surface area (Å²) in [7, 11) is -4.66. The number of anilines is 1. The molecule has 0 saturated carbocycles. The van der Waals surface area contributed by atoms with Crippen molar-refractivity contribution in [3.63, 3.8) is 0 Å². The van der Waals surface area contributed by atoms with Gasteiger partial charge in [0.15, 0.2) is 0 Å². The maximum atomic E-state index is 14.5. The van der Waals surface area contributed by atoms with Gasteiger partial charge in [0.2, 0.25) is 11.8 Å². The molecule has 2 amide bonds. The van der Waals surface area contributed by atoms with Crippen molar-refractivity contribution >= 4 is 50.7 Å². The van der Waals surface area contributed by atoms with E-state index in [0.717, 1.165) is 24.1 Å². The van der Waals surface area contributed by atoms with E-state index in [1.165, 1.54) is 29.2 Å². The third-order valence-electron chi connectivity index (χ3n) is 7.49. The zero-order chi connectivity index (χ0) is 34.9. The Hall–Kier alpha value is -4.06. The number of carbonyl (C=O) groups is 2. The minimum absolute atomic E-state index is 0.0703. The largest absolute Gasteiger partial charge is 0.416 e. The van der Waals surface area contributed by atoms with E-state index >= 15 is 0 Å². The van der Waals surface area contributed by atoms with E-state index in [2.05, 4.69) is 5.32 Å². The van der Waals surface area contributed by atoms with Crippen molar-refractivity contribution in [1.82, 2.24) is 10.2 Å². The molecule has 1 N–H and O–H groups in total. The molecular weight excluding hydrogens is 686 g/mol. The maximum absolute atomic E-state index is 14.5. The summed E-state index contributed by atoms with van der Waals surface area (Å²) < 4.78 is 70.3. The molecule has 1 atom stereocenters. The van der Waals surface area contributed by atoms with Crippen molar-refractivity contribution < 1.29 is 31.2 Å². The maximum Gasteiger partial charge on any atom is 0.416 e. The molecule has 0 fully saturated rings. The lowest BCUT2D eigenvalue weighted by molar-refractivity contribution is -0.140. The van der Waals surface area contributed by atoms with Gasteiger partial charge in [-0.15, -0.1) is 0 Å². The lowest BCUT2D eigenvalue weighted by Gasteiger charge is -2.34. The Kier molecular flexibility index (Phi) is 12.5. The fraction of sp³-hybridized carbons (Fsp3) is 0.257. The first-order valence-corrected chi connectivity index (χ1v) is 17.3. The van der Waals surface area contributed by atoms with E-state index in [0.29, 0.717) is 33.9 Å². The van der Waals surface area contributed by atoms with E-state index in [-0.39, 0.29) is 22.9 Å². The molecule has 0 aliphatic carbocycles. The molecule has 4 rings (SSSR count). The minimum atomic E-state index is -4.83. The van der Waals surface area contributed by atoms with Gasteiger partial charge in [0, 0.05) is 24.5 Å². The van der Waals surface area contributed by atoms with Crippen molar-refractivity contribution in [2.24, 2.45) is 0 Å². The summed E-state index contributed by atoms with van der Waals surface area (Å²) in [4.78, 5) is 29.3. The highest BCUT2D eigenvalue weighted by molar-refractivity contribution is 7.92. The smallest absolute Gasteiger partial charge is 0.354 e. The molecule has 254 valence electrons. The van der Waals surface area contributed by atoms with Crippen LogP contribution in [0.25, 0.3) is 0 Å². The van der Waals surface area contributed by atoms with Crippen LogP contribution in [0, 0.1) is 0 Å². The van der Waals surface area contributed by atoms with Crippen LogP contribution in [0.1, 0.15) is 36.5 Å². The molecule has 0 aromatic heterocycles. The highest BCUT2D eigenvalue weighted by Gasteiger charge is 2.37. The number of amides is 2. The number of alkyl halides is 3. The third kappa shape index (κ3) is 9.52. The summed E-state index contributed by atoms with van der Waals surface area (Å²) in [5.41, 5.74) is -0.425. The summed E-state index contributed by atoms with van der Waals surface area (Å²) in [6.45, 7) is 1.18. The second-order valence-corrected chi connectivity index (χ2v) is 13.7. The number of rotatable bonds is 14. The van der Waals surface area contributed by atoms with Gasteiger partial charge in [-0.2, -0.15) is 13.2 Å². The van der Waals surface area contributed by atoms with Gasteiger partial charge >= 0.3 is 6.18 Å². The number of carbonyl (C=O) groups excluding carboxylic acids is 2. The number of hydrogen-bond acceptors (Lipinski definition) is 4. The predicted molar refractivity (Wildman–Crippen MR) is 181 cm³/mol. The summed E-state index contributed by atoms with van der Waals surface area (Å²) in [6.07, 6.45) is -3.27. The molecular formula is C35H34Cl2F3N3O4S. The number of unbranched alkanes of at least 4 members (excludes halogenated alkanes) is 1. The molecule has 0 unspecified atom stereocenters. The SMILES string of the molecule is CCCCNC(=O)[C@@H](Cc1ccccc1)N(Cc1cccc(Cl)c1)C(=O)CN(c1cc(C(F)(F)F)ccc1Cl)S(=O)(=O)c1ccccc1. The first-order chi connectivity index (χ1) is 22.8. The molecule has 0 aliphatic heterocycles. The predicted octanol–water partition coefficient (Wildman–Crippen LogP) is 7.76. The summed E-state index contributed by atoms with van der Waals surface area (Å²) in [6, 6.07) is 23.7. The average Bonchev–Trinajstić information content (AvgIpc) is 3.06. The second kappa shape index (κ2) is 16.4. The van der Waals surface area contributed by atoms with Crippen LogP contribution >= 0.6 is 23.2 Å². The van der Waals surface area contributed by atoms with Crippen LogP contribution in [-0.2, 0) is 38.8 Å². The van der Waals surface area contributed by atoms with Gasteiger partial charge in [0.25, 0.3) is 10.0 Å². The highest BCUT2D eigenvalue weighted by Crippen LogP contribution is 2.37. The molecule has 0 radical (unpaired) electrons. The van der Waals surface area contributed by atoms with Crippen LogP contribution in [0.5, 0.6) is 0 Å². The van der Waals surface area contributed by atoms with Crippen molar-refractivity contribution in [2.45, 2.75) is 49.8 Å². The fourth-order valence-electron chi connectivity index (χ4n) is 5.01. The van der Waals surface area contributed by atoms with Crippen molar-refractivity contribution in [3.05, 3.63) is 130 Å². The van der Waals surface area contributed by atoms with Gasteiger partial charge in [0.05, 0.1) is 21.2 Å². The Morgan fingerprint density at radius 1 is 0.854 bits per heavy atom. The van der Waals surface area contributed by atoms with E-state index in [4.69, 9.17) is 23.2 Å². The van der Waals surface area contributed by atoms with Gasteiger partial charge in [0.1, 0.15) is 12.6 Å². The molecule has 0 saturated heterocycles. The normalized spacial score (nSPS) is 12.3. The van der Waals surface area contributed by atoms with Crippen LogP contribution in [0.2, 0.25) is 10.0 Å². The number of nitrogens with zero attached hydrogens (tertiary/aromatic N) is 2. The average molecular weight is 721 g/mol. The molecule has 4 aromatic carbocycles. The van der Waals surface area contributed by atoms with Gasteiger partial charge in [-0.1, -0.05) is 97.2 Å². The monoisotopic (exact) mass is 719 g/mol. The van der Waals surface area contributed by atoms with Crippen LogP contribution < -0.4 is 9.62 Å². The van der Waals surface area contributed by atoms with E-state index in [1.807, 2.05) is 6.92 Å². The van der Waals surface area contributed by atoms with Gasteiger partial charge in [-0.3, -0.25) is 13.9 Å². The first kappa shape index (κ1) is 36.8. The van der Waals surface area contributed by atoms with E-state index < -0.39 is 51.9 Å². The molecule has 0 spiro atoms. The highest BCUT2D eigenvalue weighted by atomic mass is 35.5. The van der Waals surface area contributed by atoms with Crippen molar-refractivity contribution in [3.8, 4) is 0 Å². The van der Waals surface area contributed by atoms with Gasteiger partial charge in [-0.05, 0) is 60.0 Å². The molecule has 48 heavy (non-hydrogen) atoms. The number of halogens is 5. The third-order valence-corrected chi connectivity index (χ3v) is 9.82. The fourth-order valence-corrected chi connectivity index (χ4v) is 6.93. The second-order valence-electron chi connectivity index (χ2n) is 11.0. The molecule has 0 heterocycles. The van der Waals surface area contributed by atoms with E-state index in [9.17, 15) is 31.2 Å². The Bertz CT molecular complexity index is 1810. The van der Waals surface area contributed by atoms with E-state index in [1.54, 1.807) is 60.7 Å². The van der Waals surface area contributed by atoms with Crippen molar-refractivity contribution in [2.75, 3.05) is 17.4 Å². The van der Waals surface area contributed by atoms with Crippen LogP contribution in [0.15, 0.2) is 108 Å². The number of nitrogens with one attached hydrogen (secondary N) is 1.